The Bertz CT molecular complexity index is 830. The third-order valence-electron chi connectivity index (χ3n) is 3.61. The Morgan fingerprint density at radius 1 is 1.05 bits per heavy atom. The smallest absolute Gasteiger partial charge is 0.352 e. The van der Waals surface area contributed by atoms with Crippen molar-refractivity contribution in [1.29, 1.82) is 0 Å². The zero-order chi connectivity index (χ0) is 14.4. The number of hydrogen-bond donors (Lipinski definition) is 1. The average Bonchev–Trinajstić information content (AvgIpc) is 2.91. The molecule has 20 heavy (non-hydrogen) atoms. The summed E-state index contributed by atoms with van der Waals surface area (Å²) in [5.74, 6) is -0.930. The van der Waals surface area contributed by atoms with E-state index in [0.717, 1.165) is 22.3 Å². The summed E-state index contributed by atoms with van der Waals surface area (Å²) in [5.41, 5.74) is 3.10. The molecule has 0 bridgehead atoms. The van der Waals surface area contributed by atoms with Crippen LogP contribution in [0.15, 0.2) is 36.4 Å². The van der Waals surface area contributed by atoms with Gasteiger partial charge in [-0.05, 0) is 30.3 Å². The van der Waals surface area contributed by atoms with Crippen LogP contribution in [0.4, 0.5) is 0 Å². The second kappa shape index (κ2) is 4.42. The third kappa shape index (κ3) is 1.80. The zero-order valence-electron chi connectivity index (χ0n) is 11.1. The number of carbonyl (C=O) groups is 1. The van der Waals surface area contributed by atoms with Gasteiger partial charge in [0.05, 0.1) is 11.4 Å². The van der Waals surface area contributed by atoms with Crippen molar-refractivity contribution in [1.82, 2.24) is 9.13 Å². The van der Waals surface area contributed by atoms with Gasteiger partial charge in [0.2, 0.25) is 0 Å². The topological polar surface area (TPSA) is 47.2 Å². The molecule has 2 aromatic heterocycles. The van der Waals surface area contributed by atoms with Crippen molar-refractivity contribution < 1.29 is 9.90 Å². The van der Waals surface area contributed by atoms with Crippen LogP contribution in [0.1, 0.15) is 10.5 Å². The van der Waals surface area contributed by atoms with Crippen molar-refractivity contribution in [3.8, 4) is 11.4 Å². The van der Waals surface area contributed by atoms with Gasteiger partial charge >= 0.3 is 5.97 Å². The van der Waals surface area contributed by atoms with Crippen LogP contribution in [0.3, 0.4) is 0 Å². The van der Waals surface area contributed by atoms with E-state index in [1.54, 1.807) is 17.7 Å². The number of aryl methyl sites for hydroxylation is 1. The molecule has 2 heterocycles. The maximum atomic E-state index is 11.1. The number of halogens is 1. The second-order valence-electron chi connectivity index (χ2n) is 4.76. The predicted molar refractivity (Wildman–Crippen MR) is 79.3 cm³/mol. The quantitative estimate of drug-likeness (QED) is 0.784. The van der Waals surface area contributed by atoms with Gasteiger partial charge in [-0.25, -0.2) is 4.79 Å². The molecule has 0 saturated carbocycles. The standard InChI is InChI=1S/C15H13ClN2O2/c1-17-11(5-6-12(17)15(19)20)14-7-9-3-4-10(16)8-13(9)18(14)2/h3-8H,1-2H3,(H,19,20). The number of nitrogens with zero attached hydrogens (tertiary/aromatic N) is 2. The van der Waals surface area contributed by atoms with Crippen molar-refractivity contribution in [3.63, 3.8) is 0 Å². The molecule has 5 heteroatoms. The Kier molecular flexibility index (Phi) is 2.83. The minimum absolute atomic E-state index is 0.267. The predicted octanol–water partition coefficient (Wildman–Crippen LogP) is 3.54. The lowest BCUT2D eigenvalue weighted by atomic mass is 10.2. The van der Waals surface area contributed by atoms with E-state index in [2.05, 4.69) is 0 Å². The Labute approximate surface area is 120 Å². The van der Waals surface area contributed by atoms with Gasteiger partial charge in [-0.15, -0.1) is 0 Å². The minimum atomic E-state index is -0.930. The maximum Gasteiger partial charge on any atom is 0.352 e. The van der Waals surface area contributed by atoms with Crippen LogP contribution >= 0.6 is 11.6 Å². The number of benzene rings is 1. The number of carboxylic acid groups (broad SMARTS) is 1. The second-order valence-corrected chi connectivity index (χ2v) is 5.20. The third-order valence-corrected chi connectivity index (χ3v) is 3.85. The van der Waals surface area contributed by atoms with Crippen LogP contribution in [-0.2, 0) is 14.1 Å². The number of fused-ring (bicyclic) bond motifs is 1. The summed E-state index contributed by atoms with van der Waals surface area (Å²) in [7, 11) is 3.70. The first-order valence-electron chi connectivity index (χ1n) is 6.13. The number of carboxylic acids is 1. The molecule has 3 aromatic rings. The monoisotopic (exact) mass is 288 g/mol. The molecule has 0 radical (unpaired) electrons. The lowest BCUT2D eigenvalue weighted by Crippen LogP contribution is -2.06. The first-order valence-corrected chi connectivity index (χ1v) is 6.51. The molecule has 0 aliphatic rings. The SMILES string of the molecule is Cn1c(C(=O)O)ccc1-c1cc2ccc(Cl)cc2n1C. The number of aromatic carboxylic acids is 1. The summed E-state index contributed by atoms with van der Waals surface area (Å²) in [6.45, 7) is 0. The van der Waals surface area contributed by atoms with E-state index in [4.69, 9.17) is 16.7 Å². The average molecular weight is 289 g/mol. The first-order chi connectivity index (χ1) is 9.49. The van der Waals surface area contributed by atoms with Gasteiger partial charge in [-0.3, -0.25) is 0 Å². The van der Waals surface area contributed by atoms with E-state index in [9.17, 15) is 4.79 Å². The van der Waals surface area contributed by atoms with Gasteiger partial charge in [0.1, 0.15) is 5.69 Å². The highest BCUT2D eigenvalue weighted by atomic mass is 35.5. The highest BCUT2D eigenvalue weighted by Gasteiger charge is 2.15. The van der Waals surface area contributed by atoms with Crippen LogP contribution in [0.2, 0.25) is 5.02 Å². The molecule has 0 aliphatic heterocycles. The first kappa shape index (κ1) is 12.8. The lowest BCUT2D eigenvalue weighted by Gasteiger charge is -2.07. The molecule has 3 rings (SSSR count). The molecular formula is C15H13ClN2O2. The Hall–Kier alpha value is -2.20. The molecule has 102 valence electrons. The number of aromatic nitrogens is 2. The molecule has 0 amide bonds. The number of rotatable bonds is 2. The number of hydrogen-bond acceptors (Lipinski definition) is 1. The fraction of sp³-hybridized carbons (Fsp3) is 0.133. The van der Waals surface area contributed by atoms with Gasteiger partial charge in [-0.2, -0.15) is 0 Å². The van der Waals surface area contributed by atoms with Crippen LogP contribution < -0.4 is 0 Å². The molecule has 4 nitrogen and oxygen atoms in total. The van der Waals surface area contributed by atoms with Gasteiger partial charge in [0.15, 0.2) is 0 Å². The molecule has 0 spiro atoms. The van der Waals surface area contributed by atoms with Crippen molar-refractivity contribution in [3.05, 3.63) is 47.1 Å². The van der Waals surface area contributed by atoms with Crippen LogP contribution in [0.5, 0.6) is 0 Å². The highest BCUT2D eigenvalue weighted by Crippen LogP contribution is 2.29. The molecule has 0 aliphatic carbocycles. The van der Waals surface area contributed by atoms with E-state index >= 15 is 0 Å². The summed E-state index contributed by atoms with van der Waals surface area (Å²) in [4.78, 5) is 11.1. The molecule has 1 aromatic carbocycles. The molecule has 0 fully saturated rings. The highest BCUT2D eigenvalue weighted by molar-refractivity contribution is 6.31. The molecule has 1 N–H and O–H groups in total. The van der Waals surface area contributed by atoms with Gasteiger partial charge in [-0.1, -0.05) is 17.7 Å². The zero-order valence-corrected chi connectivity index (χ0v) is 11.8. The van der Waals surface area contributed by atoms with Gasteiger partial charge in [0, 0.05) is 30.0 Å². The van der Waals surface area contributed by atoms with Crippen LogP contribution in [0, 0.1) is 0 Å². The fourth-order valence-corrected chi connectivity index (χ4v) is 2.70. The maximum absolute atomic E-state index is 11.1. The van der Waals surface area contributed by atoms with Crippen molar-refractivity contribution in [2.24, 2.45) is 14.1 Å². The van der Waals surface area contributed by atoms with E-state index < -0.39 is 5.97 Å². The Morgan fingerprint density at radius 3 is 2.45 bits per heavy atom. The fourth-order valence-electron chi connectivity index (χ4n) is 2.53. The molecule has 0 atom stereocenters. The minimum Gasteiger partial charge on any atom is -0.477 e. The van der Waals surface area contributed by atoms with E-state index in [0.29, 0.717) is 5.02 Å². The van der Waals surface area contributed by atoms with Crippen LogP contribution in [0.25, 0.3) is 22.3 Å². The summed E-state index contributed by atoms with van der Waals surface area (Å²) in [6.07, 6.45) is 0. The molecule has 0 unspecified atom stereocenters. The summed E-state index contributed by atoms with van der Waals surface area (Å²) >= 11 is 6.03. The van der Waals surface area contributed by atoms with Gasteiger partial charge < -0.3 is 14.2 Å². The summed E-state index contributed by atoms with van der Waals surface area (Å²) in [5, 5.41) is 10.9. The van der Waals surface area contributed by atoms with Crippen molar-refractivity contribution >= 4 is 28.5 Å². The van der Waals surface area contributed by atoms with Crippen molar-refractivity contribution in [2.45, 2.75) is 0 Å². The van der Waals surface area contributed by atoms with E-state index in [1.807, 2.05) is 41.9 Å². The van der Waals surface area contributed by atoms with Gasteiger partial charge in [0.25, 0.3) is 0 Å². The largest absolute Gasteiger partial charge is 0.477 e. The summed E-state index contributed by atoms with van der Waals surface area (Å²) in [6, 6.07) is 11.2. The summed E-state index contributed by atoms with van der Waals surface area (Å²) < 4.78 is 3.69. The van der Waals surface area contributed by atoms with E-state index in [-0.39, 0.29) is 5.69 Å². The molecular weight excluding hydrogens is 276 g/mol. The van der Waals surface area contributed by atoms with E-state index in [1.165, 1.54) is 0 Å². The van der Waals surface area contributed by atoms with Crippen LogP contribution in [-0.4, -0.2) is 20.2 Å². The Balaban J connectivity index is 2.25. The normalized spacial score (nSPS) is 11.2. The Morgan fingerprint density at radius 2 is 1.80 bits per heavy atom. The van der Waals surface area contributed by atoms with Crippen molar-refractivity contribution in [2.75, 3.05) is 0 Å². The molecule has 0 saturated heterocycles. The lowest BCUT2D eigenvalue weighted by molar-refractivity contribution is 0.0687.